The van der Waals surface area contributed by atoms with Gasteiger partial charge < -0.3 is 25.2 Å². The number of hydrogen-bond acceptors (Lipinski definition) is 5. The quantitative estimate of drug-likeness (QED) is 0.430. The number of hydrogen-bond donors (Lipinski definition) is 4. The minimum Gasteiger partial charge on any atom is -0.481 e. The van der Waals surface area contributed by atoms with E-state index in [1.807, 2.05) is 0 Å². The fraction of sp³-hybridized carbons (Fsp3) is 0.625. The van der Waals surface area contributed by atoms with E-state index >= 15 is 0 Å². The number of ether oxygens (including phenoxy) is 1. The smallest absolute Gasteiger partial charge is 0.339 e. The van der Waals surface area contributed by atoms with E-state index in [4.69, 9.17) is 15.3 Å². The second-order valence-corrected chi connectivity index (χ2v) is 2.97. The van der Waals surface area contributed by atoms with Gasteiger partial charge >= 0.3 is 17.9 Å². The summed E-state index contributed by atoms with van der Waals surface area (Å²) in [7, 11) is 0. The molecule has 0 rings (SSSR count). The van der Waals surface area contributed by atoms with Crippen molar-refractivity contribution in [2.45, 2.75) is 25.0 Å². The van der Waals surface area contributed by atoms with Gasteiger partial charge in [-0.25, -0.2) is 9.59 Å². The second kappa shape index (κ2) is 5.42. The van der Waals surface area contributed by atoms with Gasteiger partial charge in [0.15, 0.2) is 6.10 Å². The van der Waals surface area contributed by atoms with Crippen LogP contribution in [0.4, 0.5) is 0 Å². The van der Waals surface area contributed by atoms with Gasteiger partial charge in [0.1, 0.15) is 0 Å². The molecule has 0 aromatic heterocycles. The molecule has 0 aliphatic rings. The van der Waals surface area contributed by atoms with Crippen molar-refractivity contribution >= 4 is 17.9 Å². The Hall–Kier alpha value is -1.67. The van der Waals surface area contributed by atoms with E-state index < -0.39 is 36.0 Å². The largest absolute Gasteiger partial charge is 0.481 e. The summed E-state index contributed by atoms with van der Waals surface area (Å²) in [6.45, 7) is 1.21. The van der Waals surface area contributed by atoms with Gasteiger partial charge in [-0.3, -0.25) is 4.79 Å². The lowest BCUT2D eigenvalue weighted by atomic mass is 9.92. The SMILES string of the molecule is CCOC(C(=O)O)C(O)(CC(=O)O)C(=O)O. The van der Waals surface area contributed by atoms with E-state index in [1.54, 1.807) is 0 Å². The van der Waals surface area contributed by atoms with Crippen LogP contribution in [0.3, 0.4) is 0 Å². The lowest BCUT2D eigenvalue weighted by Gasteiger charge is -2.27. The highest BCUT2D eigenvalue weighted by molar-refractivity contribution is 5.90. The van der Waals surface area contributed by atoms with E-state index in [0.717, 1.165) is 0 Å². The van der Waals surface area contributed by atoms with Gasteiger partial charge in [0.25, 0.3) is 0 Å². The molecule has 8 heteroatoms. The fourth-order valence-corrected chi connectivity index (χ4v) is 1.09. The first-order valence-corrected chi connectivity index (χ1v) is 4.27. The Morgan fingerprint density at radius 3 is 2.00 bits per heavy atom. The average Bonchev–Trinajstić information content (AvgIpc) is 2.11. The van der Waals surface area contributed by atoms with Crippen LogP contribution < -0.4 is 0 Å². The zero-order valence-electron chi connectivity index (χ0n) is 8.41. The zero-order chi connectivity index (χ0) is 12.9. The van der Waals surface area contributed by atoms with Crippen molar-refractivity contribution in [3.8, 4) is 0 Å². The molecular formula is C8H12O8. The molecule has 0 fully saturated rings. The molecule has 0 amide bonds. The highest BCUT2D eigenvalue weighted by Gasteiger charge is 2.51. The molecule has 2 atom stereocenters. The summed E-state index contributed by atoms with van der Waals surface area (Å²) in [5.41, 5.74) is -2.99. The monoisotopic (exact) mass is 236 g/mol. The van der Waals surface area contributed by atoms with Crippen LogP contribution in [-0.4, -0.2) is 56.6 Å². The van der Waals surface area contributed by atoms with Gasteiger partial charge in [-0.2, -0.15) is 0 Å². The summed E-state index contributed by atoms with van der Waals surface area (Å²) >= 11 is 0. The van der Waals surface area contributed by atoms with Crippen LogP contribution in [0.25, 0.3) is 0 Å². The highest BCUT2D eigenvalue weighted by atomic mass is 16.5. The second-order valence-electron chi connectivity index (χ2n) is 2.97. The van der Waals surface area contributed by atoms with Gasteiger partial charge in [0, 0.05) is 6.61 Å². The standard InChI is InChI=1S/C8H12O8/c1-2-16-5(6(11)12)8(15,7(13)14)3-4(9)10/h5,15H,2-3H2,1H3,(H,9,10)(H,11,12)(H,13,14). The van der Waals surface area contributed by atoms with Gasteiger partial charge in [0.2, 0.25) is 5.60 Å². The maximum atomic E-state index is 10.7. The van der Waals surface area contributed by atoms with Crippen molar-refractivity contribution in [3.63, 3.8) is 0 Å². The van der Waals surface area contributed by atoms with Crippen molar-refractivity contribution in [1.82, 2.24) is 0 Å². The lowest BCUT2D eigenvalue weighted by molar-refractivity contribution is -0.193. The molecule has 0 aliphatic carbocycles. The van der Waals surface area contributed by atoms with Crippen molar-refractivity contribution in [3.05, 3.63) is 0 Å². The molecule has 0 bridgehead atoms. The predicted octanol–water partition coefficient (Wildman–Crippen LogP) is -1.23. The van der Waals surface area contributed by atoms with Gasteiger partial charge in [-0.05, 0) is 6.92 Å². The van der Waals surface area contributed by atoms with Crippen molar-refractivity contribution in [2.75, 3.05) is 6.61 Å². The lowest BCUT2D eigenvalue weighted by Crippen LogP contribution is -2.55. The molecule has 0 saturated heterocycles. The Bertz CT molecular complexity index is 298. The molecule has 0 radical (unpaired) electrons. The Morgan fingerprint density at radius 1 is 1.25 bits per heavy atom. The van der Waals surface area contributed by atoms with Crippen LogP contribution in [0.1, 0.15) is 13.3 Å². The Labute approximate surface area is 90.1 Å². The van der Waals surface area contributed by atoms with E-state index in [0.29, 0.717) is 0 Å². The molecule has 2 unspecified atom stereocenters. The van der Waals surface area contributed by atoms with Crippen molar-refractivity contribution in [1.29, 1.82) is 0 Å². The van der Waals surface area contributed by atoms with Gasteiger partial charge in [-0.15, -0.1) is 0 Å². The summed E-state index contributed by atoms with van der Waals surface area (Å²) < 4.78 is 4.54. The summed E-state index contributed by atoms with van der Waals surface area (Å²) in [6, 6.07) is 0. The minimum atomic E-state index is -2.99. The topological polar surface area (TPSA) is 141 Å². The molecule has 0 aromatic rings. The summed E-state index contributed by atoms with van der Waals surface area (Å²) in [4.78, 5) is 31.8. The predicted molar refractivity (Wildman–Crippen MR) is 47.9 cm³/mol. The van der Waals surface area contributed by atoms with Crippen LogP contribution in [0.2, 0.25) is 0 Å². The van der Waals surface area contributed by atoms with E-state index in [1.165, 1.54) is 6.92 Å². The van der Waals surface area contributed by atoms with Gasteiger partial charge in [0.05, 0.1) is 6.42 Å². The molecule has 0 spiro atoms. The molecule has 0 aliphatic heterocycles. The van der Waals surface area contributed by atoms with E-state index in [2.05, 4.69) is 4.74 Å². The first kappa shape index (κ1) is 14.3. The third-order valence-electron chi connectivity index (χ3n) is 1.78. The first-order valence-electron chi connectivity index (χ1n) is 4.27. The number of carboxylic acid groups (broad SMARTS) is 3. The maximum Gasteiger partial charge on any atom is 0.339 e. The zero-order valence-corrected chi connectivity index (χ0v) is 8.41. The third-order valence-corrected chi connectivity index (χ3v) is 1.78. The first-order chi connectivity index (χ1) is 7.25. The summed E-state index contributed by atoms with van der Waals surface area (Å²) in [5, 5.41) is 35.3. The molecule has 92 valence electrons. The number of rotatable bonds is 7. The van der Waals surface area contributed by atoms with E-state index in [-0.39, 0.29) is 6.61 Å². The molecule has 0 heterocycles. The molecule has 4 N–H and O–H groups in total. The summed E-state index contributed by atoms with van der Waals surface area (Å²) in [5.74, 6) is -5.35. The molecule has 16 heavy (non-hydrogen) atoms. The minimum absolute atomic E-state index is 0.174. The average molecular weight is 236 g/mol. The summed E-state index contributed by atoms with van der Waals surface area (Å²) in [6.07, 6.45) is -3.40. The van der Waals surface area contributed by atoms with Crippen LogP contribution in [-0.2, 0) is 19.1 Å². The van der Waals surface area contributed by atoms with Crippen molar-refractivity contribution in [2.24, 2.45) is 0 Å². The van der Waals surface area contributed by atoms with Gasteiger partial charge in [-0.1, -0.05) is 0 Å². The van der Waals surface area contributed by atoms with Crippen LogP contribution >= 0.6 is 0 Å². The molecule has 0 aromatic carbocycles. The van der Waals surface area contributed by atoms with Crippen LogP contribution in [0, 0.1) is 0 Å². The number of aliphatic hydroxyl groups is 1. The molecular weight excluding hydrogens is 224 g/mol. The highest BCUT2D eigenvalue weighted by Crippen LogP contribution is 2.20. The number of aliphatic carboxylic acids is 3. The number of carboxylic acids is 3. The fourth-order valence-electron chi connectivity index (χ4n) is 1.09. The Kier molecular flexibility index (Phi) is 4.86. The third kappa shape index (κ3) is 3.17. The molecule has 0 saturated carbocycles. The Morgan fingerprint density at radius 2 is 1.75 bits per heavy atom. The number of carbonyl (C=O) groups is 3. The normalized spacial score (nSPS) is 16.1. The Balaban J connectivity index is 5.19. The van der Waals surface area contributed by atoms with E-state index in [9.17, 15) is 19.5 Å². The molecule has 8 nitrogen and oxygen atoms in total. The maximum absolute atomic E-state index is 10.7. The van der Waals surface area contributed by atoms with Crippen LogP contribution in [0.5, 0.6) is 0 Å². The van der Waals surface area contributed by atoms with Crippen molar-refractivity contribution < 1.29 is 39.5 Å². The van der Waals surface area contributed by atoms with Crippen LogP contribution in [0.15, 0.2) is 0 Å².